The fraction of sp³-hybridized carbons (Fsp3) is 0.0714. The van der Waals surface area contributed by atoms with E-state index in [1.54, 1.807) is 24.3 Å². The second kappa shape index (κ2) is 6.33. The van der Waals surface area contributed by atoms with Gasteiger partial charge in [-0.1, -0.05) is 12.1 Å². The summed E-state index contributed by atoms with van der Waals surface area (Å²) in [5.74, 6) is -1.79. The predicted molar refractivity (Wildman–Crippen MR) is 78.0 cm³/mol. The SMILES string of the molecule is O=C(Nc1cc(Br)c(F)cc1F)c1cccc(CCl)c1. The molecule has 0 aliphatic rings. The van der Waals surface area contributed by atoms with Gasteiger partial charge in [-0.25, -0.2) is 8.78 Å². The van der Waals surface area contributed by atoms with Crippen molar-refractivity contribution < 1.29 is 13.6 Å². The minimum Gasteiger partial charge on any atom is -0.319 e. The number of amides is 1. The maximum Gasteiger partial charge on any atom is 0.255 e. The van der Waals surface area contributed by atoms with E-state index in [0.717, 1.165) is 5.56 Å². The predicted octanol–water partition coefficient (Wildman–Crippen LogP) is 4.72. The fourth-order valence-corrected chi connectivity index (χ4v) is 2.12. The Morgan fingerprint density at radius 1 is 1.20 bits per heavy atom. The van der Waals surface area contributed by atoms with Gasteiger partial charge in [0, 0.05) is 17.5 Å². The van der Waals surface area contributed by atoms with Crippen molar-refractivity contribution in [1.82, 2.24) is 0 Å². The largest absolute Gasteiger partial charge is 0.319 e. The van der Waals surface area contributed by atoms with Gasteiger partial charge in [0.05, 0.1) is 10.2 Å². The van der Waals surface area contributed by atoms with E-state index in [2.05, 4.69) is 21.2 Å². The first kappa shape index (κ1) is 14.9. The van der Waals surface area contributed by atoms with E-state index in [-0.39, 0.29) is 16.0 Å². The molecule has 1 amide bonds. The fourth-order valence-electron chi connectivity index (χ4n) is 1.61. The van der Waals surface area contributed by atoms with Crippen LogP contribution in [0.5, 0.6) is 0 Å². The Bertz CT molecular complexity index is 664. The number of rotatable bonds is 3. The number of carbonyl (C=O) groups is 1. The van der Waals surface area contributed by atoms with Crippen molar-refractivity contribution >= 4 is 39.1 Å². The minimum atomic E-state index is -0.840. The Labute approximate surface area is 127 Å². The molecule has 6 heteroatoms. The van der Waals surface area contributed by atoms with E-state index in [1.165, 1.54) is 6.07 Å². The first-order valence-electron chi connectivity index (χ1n) is 5.62. The Morgan fingerprint density at radius 3 is 2.65 bits per heavy atom. The van der Waals surface area contributed by atoms with Gasteiger partial charge in [0.15, 0.2) is 0 Å². The molecule has 0 aliphatic heterocycles. The summed E-state index contributed by atoms with van der Waals surface area (Å²) in [5, 5.41) is 2.39. The minimum absolute atomic E-state index is 0.0729. The van der Waals surface area contributed by atoms with Crippen molar-refractivity contribution in [3.63, 3.8) is 0 Å². The molecule has 0 aliphatic carbocycles. The first-order chi connectivity index (χ1) is 9.51. The van der Waals surface area contributed by atoms with Crippen LogP contribution in [0.2, 0.25) is 0 Å². The number of carbonyl (C=O) groups excluding carboxylic acids is 1. The Kier molecular flexibility index (Phi) is 4.73. The molecular weight excluding hydrogens is 352 g/mol. The molecule has 20 heavy (non-hydrogen) atoms. The van der Waals surface area contributed by atoms with Crippen molar-refractivity contribution in [3.05, 3.63) is 63.6 Å². The molecule has 2 aromatic carbocycles. The van der Waals surface area contributed by atoms with E-state index in [1.807, 2.05) is 0 Å². The lowest BCUT2D eigenvalue weighted by molar-refractivity contribution is 0.102. The number of alkyl halides is 1. The monoisotopic (exact) mass is 359 g/mol. The molecule has 0 unspecified atom stereocenters. The van der Waals surface area contributed by atoms with Gasteiger partial charge in [0.1, 0.15) is 11.6 Å². The normalized spacial score (nSPS) is 10.4. The van der Waals surface area contributed by atoms with Crippen LogP contribution in [0.25, 0.3) is 0 Å². The van der Waals surface area contributed by atoms with Gasteiger partial charge >= 0.3 is 0 Å². The third-order valence-corrected chi connectivity index (χ3v) is 3.52. The van der Waals surface area contributed by atoms with Gasteiger partial charge in [-0.05, 0) is 39.7 Å². The zero-order chi connectivity index (χ0) is 14.7. The molecule has 0 saturated heterocycles. The van der Waals surface area contributed by atoms with Crippen LogP contribution in [0.1, 0.15) is 15.9 Å². The van der Waals surface area contributed by atoms with Crippen LogP contribution >= 0.6 is 27.5 Å². The van der Waals surface area contributed by atoms with Crippen LogP contribution in [-0.2, 0) is 5.88 Å². The average molecular weight is 361 g/mol. The van der Waals surface area contributed by atoms with Crippen molar-refractivity contribution in [2.24, 2.45) is 0 Å². The summed E-state index contributed by atoms with van der Waals surface area (Å²) in [6.45, 7) is 0. The highest BCUT2D eigenvalue weighted by Gasteiger charge is 2.12. The van der Waals surface area contributed by atoms with Crippen molar-refractivity contribution in [2.75, 3.05) is 5.32 Å². The second-order valence-corrected chi connectivity index (χ2v) is 5.16. The van der Waals surface area contributed by atoms with Crippen LogP contribution in [0.3, 0.4) is 0 Å². The van der Waals surface area contributed by atoms with E-state index in [4.69, 9.17) is 11.6 Å². The zero-order valence-corrected chi connectivity index (χ0v) is 12.4. The summed E-state index contributed by atoms with van der Waals surface area (Å²) >= 11 is 8.63. The van der Waals surface area contributed by atoms with Crippen LogP contribution < -0.4 is 5.32 Å². The highest BCUT2D eigenvalue weighted by atomic mass is 79.9. The third kappa shape index (κ3) is 3.35. The van der Waals surface area contributed by atoms with Gasteiger partial charge in [-0.2, -0.15) is 0 Å². The molecule has 1 N–H and O–H groups in total. The molecule has 0 fully saturated rings. The summed E-state index contributed by atoms with van der Waals surface area (Å²) in [5.41, 5.74) is 1.03. The molecule has 0 atom stereocenters. The van der Waals surface area contributed by atoms with E-state index in [0.29, 0.717) is 11.6 Å². The maximum absolute atomic E-state index is 13.6. The molecule has 0 bridgehead atoms. The number of hydrogen-bond acceptors (Lipinski definition) is 1. The average Bonchev–Trinajstić information content (AvgIpc) is 2.44. The molecule has 2 aromatic rings. The molecule has 104 valence electrons. The van der Waals surface area contributed by atoms with Crippen LogP contribution in [0.15, 0.2) is 40.9 Å². The Hall–Kier alpha value is -1.46. The van der Waals surface area contributed by atoms with Crippen LogP contribution in [0, 0.1) is 11.6 Å². The van der Waals surface area contributed by atoms with Gasteiger partial charge in [0.2, 0.25) is 0 Å². The lowest BCUT2D eigenvalue weighted by Gasteiger charge is -2.08. The smallest absolute Gasteiger partial charge is 0.255 e. The quantitative estimate of drug-likeness (QED) is 0.623. The summed E-state index contributed by atoms with van der Waals surface area (Å²) in [4.78, 5) is 12.0. The van der Waals surface area contributed by atoms with E-state index < -0.39 is 17.5 Å². The van der Waals surface area contributed by atoms with Crippen LogP contribution in [-0.4, -0.2) is 5.91 Å². The highest BCUT2D eigenvalue weighted by molar-refractivity contribution is 9.10. The zero-order valence-electron chi connectivity index (χ0n) is 10.1. The number of benzene rings is 2. The van der Waals surface area contributed by atoms with E-state index >= 15 is 0 Å². The van der Waals surface area contributed by atoms with Gasteiger partial charge in [0.25, 0.3) is 5.91 Å². The van der Waals surface area contributed by atoms with E-state index in [9.17, 15) is 13.6 Å². The molecule has 0 radical (unpaired) electrons. The molecule has 0 heterocycles. The Morgan fingerprint density at radius 2 is 1.95 bits per heavy atom. The summed E-state index contributed by atoms with van der Waals surface area (Å²) in [6.07, 6.45) is 0. The van der Waals surface area contributed by atoms with Gasteiger partial charge in [-0.3, -0.25) is 4.79 Å². The van der Waals surface area contributed by atoms with Crippen molar-refractivity contribution in [2.45, 2.75) is 5.88 Å². The molecule has 2 rings (SSSR count). The van der Waals surface area contributed by atoms with Crippen LogP contribution in [0.4, 0.5) is 14.5 Å². The lowest BCUT2D eigenvalue weighted by atomic mass is 10.1. The van der Waals surface area contributed by atoms with Gasteiger partial charge < -0.3 is 5.32 Å². The summed E-state index contributed by atoms with van der Waals surface area (Å²) < 4.78 is 26.7. The summed E-state index contributed by atoms with van der Waals surface area (Å²) in [7, 11) is 0. The van der Waals surface area contributed by atoms with Gasteiger partial charge in [-0.15, -0.1) is 11.6 Å². The Balaban J connectivity index is 2.25. The lowest BCUT2D eigenvalue weighted by Crippen LogP contribution is -2.13. The number of anilines is 1. The maximum atomic E-state index is 13.6. The highest BCUT2D eigenvalue weighted by Crippen LogP contribution is 2.24. The number of nitrogens with one attached hydrogen (secondary N) is 1. The molecule has 0 spiro atoms. The number of hydrogen-bond donors (Lipinski definition) is 1. The van der Waals surface area contributed by atoms with Crippen molar-refractivity contribution in [3.8, 4) is 0 Å². The molecule has 2 nitrogen and oxygen atoms in total. The number of halogens is 4. The summed E-state index contributed by atoms with van der Waals surface area (Å²) in [6, 6.07) is 8.53. The van der Waals surface area contributed by atoms with Crippen molar-refractivity contribution in [1.29, 1.82) is 0 Å². The first-order valence-corrected chi connectivity index (χ1v) is 6.95. The molecule has 0 saturated carbocycles. The second-order valence-electron chi connectivity index (χ2n) is 4.03. The third-order valence-electron chi connectivity index (χ3n) is 2.60. The molecular formula is C14H9BrClF2NO. The molecule has 0 aromatic heterocycles. The topological polar surface area (TPSA) is 29.1 Å². The standard InChI is InChI=1S/C14H9BrClF2NO/c15-10-5-13(12(18)6-11(10)17)19-14(20)9-3-1-2-8(4-9)7-16/h1-6H,7H2,(H,19,20).